The Kier molecular flexibility index (Phi) is 63.6. The molecule has 17 atom stereocenters. The molecule has 3 fully saturated rings. The van der Waals surface area contributed by atoms with Crippen LogP contribution in [0.4, 0.5) is 0 Å². The minimum Gasteiger partial charge on any atom is -0.394 e. The predicted octanol–water partition coefficient (Wildman–Crippen LogP) is 16.6. The van der Waals surface area contributed by atoms with Gasteiger partial charge in [-0.3, -0.25) is 4.79 Å². The molecule has 3 rings (SSSR count). The summed E-state index contributed by atoms with van der Waals surface area (Å²) >= 11 is 0. The van der Waals surface area contributed by atoms with E-state index in [-0.39, 0.29) is 18.9 Å². The molecular formula is C89H163NO18. The van der Waals surface area contributed by atoms with Gasteiger partial charge in [0.2, 0.25) is 5.91 Å². The third-order valence-corrected chi connectivity index (χ3v) is 22.1. The molecule has 3 aliphatic rings. The number of aliphatic hydroxyl groups is 11. The highest BCUT2D eigenvalue weighted by Gasteiger charge is 2.54. The van der Waals surface area contributed by atoms with Crippen molar-refractivity contribution in [3.8, 4) is 0 Å². The summed E-state index contributed by atoms with van der Waals surface area (Å²) in [5.41, 5.74) is 0. The molecule has 0 saturated carbocycles. The lowest BCUT2D eigenvalue weighted by molar-refractivity contribution is -0.379. The van der Waals surface area contributed by atoms with E-state index in [1.807, 2.05) is 0 Å². The number of nitrogens with one attached hydrogen (secondary N) is 1. The first-order valence-corrected chi connectivity index (χ1v) is 44.5. The van der Waals surface area contributed by atoms with E-state index >= 15 is 0 Å². The molecule has 1 amide bonds. The fraction of sp³-hybridized carbons (Fsp3) is 0.876. The normalized spacial score (nSPS) is 25.7. The summed E-state index contributed by atoms with van der Waals surface area (Å²) in [5, 5.41) is 121. The maximum Gasteiger partial charge on any atom is 0.220 e. The number of aliphatic hydroxyl groups excluding tert-OH is 11. The van der Waals surface area contributed by atoms with Crippen molar-refractivity contribution in [2.24, 2.45) is 0 Å². The maximum absolute atomic E-state index is 13.5. The van der Waals surface area contributed by atoms with Crippen LogP contribution in [-0.4, -0.2) is 193 Å². The van der Waals surface area contributed by atoms with Gasteiger partial charge in [0, 0.05) is 6.42 Å². The van der Waals surface area contributed by atoms with E-state index in [9.17, 15) is 61.0 Å². The largest absolute Gasteiger partial charge is 0.394 e. The van der Waals surface area contributed by atoms with Crippen LogP contribution in [-0.2, 0) is 33.2 Å². The van der Waals surface area contributed by atoms with Crippen LogP contribution in [0.3, 0.4) is 0 Å². The van der Waals surface area contributed by atoms with Crippen LogP contribution in [0.2, 0.25) is 0 Å². The van der Waals surface area contributed by atoms with Crippen LogP contribution in [0.25, 0.3) is 0 Å². The number of rotatable bonds is 72. The molecule has 0 bridgehead atoms. The maximum atomic E-state index is 13.5. The van der Waals surface area contributed by atoms with Gasteiger partial charge >= 0.3 is 0 Å². The van der Waals surface area contributed by atoms with Gasteiger partial charge in [-0.1, -0.05) is 364 Å². The van der Waals surface area contributed by atoms with Gasteiger partial charge in [0.1, 0.15) is 73.2 Å². The van der Waals surface area contributed by atoms with Crippen molar-refractivity contribution in [1.82, 2.24) is 5.32 Å². The Morgan fingerprint density at radius 2 is 0.639 bits per heavy atom. The van der Waals surface area contributed by atoms with E-state index in [4.69, 9.17) is 28.4 Å². The van der Waals surface area contributed by atoms with Crippen molar-refractivity contribution in [2.45, 2.75) is 471 Å². The van der Waals surface area contributed by atoms with E-state index in [2.05, 4.69) is 79.9 Å². The van der Waals surface area contributed by atoms with Gasteiger partial charge in [-0.25, -0.2) is 0 Å². The third-order valence-electron chi connectivity index (χ3n) is 22.1. The van der Waals surface area contributed by atoms with Gasteiger partial charge in [0.05, 0.1) is 38.6 Å². The highest BCUT2D eigenvalue weighted by Crippen LogP contribution is 2.34. The third kappa shape index (κ3) is 47.4. The number of carbonyl (C=O) groups excluding carboxylic acids is 1. The Hall–Kier alpha value is -2.51. The summed E-state index contributed by atoms with van der Waals surface area (Å²) in [7, 11) is 0. The molecule has 19 heteroatoms. The van der Waals surface area contributed by atoms with Gasteiger partial charge in [-0.05, 0) is 57.8 Å². The fourth-order valence-corrected chi connectivity index (χ4v) is 15.1. The number of allylic oxidation sites excluding steroid dienone is 10. The number of carbonyl (C=O) groups is 1. The first-order chi connectivity index (χ1) is 52.8. The molecule has 0 aromatic heterocycles. The standard InChI is InChI=1S/C89H163NO18/c1-3-5-7-9-11-13-15-17-19-21-23-25-27-29-30-31-32-33-34-35-36-37-38-39-40-41-42-43-45-47-49-51-53-55-57-59-61-63-65-67-77(95)90-72(73(94)66-64-62-60-58-56-54-52-50-48-46-44-28-26-24-22-20-18-16-14-12-10-8-6-4-2)71-103-87-83(101)80(98)85(75(69-92)105-87)108-89-84(102)81(99)86(76(70-93)106-89)107-88-82(100)79(97)78(96)74(68-91)104-88/h5,7,11,13,17,19,23,25,29-30,72-76,78-89,91-94,96-102H,3-4,6,8-10,12,14-16,18,20-22,24,26-28,31-71H2,1-2H3,(H,90,95)/b7-5-,13-11-,19-17-,25-23-,30-29-. The second-order valence-corrected chi connectivity index (χ2v) is 31.7. The molecule has 0 radical (unpaired) electrons. The number of hydrogen-bond donors (Lipinski definition) is 12. The molecule has 3 aliphatic heterocycles. The Bertz CT molecular complexity index is 2180. The zero-order valence-corrected chi connectivity index (χ0v) is 68.1. The van der Waals surface area contributed by atoms with Crippen LogP contribution < -0.4 is 5.32 Å². The zero-order valence-electron chi connectivity index (χ0n) is 68.1. The van der Waals surface area contributed by atoms with Crippen molar-refractivity contribution >= 4 is 5.91 Å². The number of hydrogen-bond acceptors (Lipinski definition) is 18. The summed E-state index contributed by atoms with van der Waals surface area (Å²) in [6.45, 7) is 1.75. The van der Waals surface area contributed by atoms with Crippen molar-refractivity contribution in [3.63, 3.8) is 0 Å². The Labute approximate surface area is 656 Å². The molecule has 3 heterocycles. The minimum absolute atomic E-state index is 0.235. The minimum atomic E-state index is -1.97. The van der Waals surface area contributed by atoms with E-state index in [1.165, 1.54) is 257 Å². The SMILES string of the molecule is CC/C=C\C/C=C\C/C=C\C/C=C\C/C=C\CCCCCCCCCCCCCCCCCCCCCCCCCC(=O)NC(COC1OC(CO)C(OC2OC(CO)C(OC3OC(CO)C(O)C(O)C3O)C(O)C2O)C(O)C1O)C(O)CCCCCCCCCCCCCCCCCCCCCCCCCC. The van der Waals surface area contributed by atoms with Crippen LogP contribution in [0.15, 0.2) is 60.8 Å². The second-order valence-electron chi connectivity index (χ2n) is 31.7. The summed E-state index contributed by atoms with van der Waals surface area (Å²) < 4.78 is 34.6. The quantitative estimate of drug-likeness (QED) is 0.0199. The van der Waals surface area contributed by atoms with E-state index in [0.717, 1.165) is 77.0 Å². The smallest absolute Gasteiger partial charge is 0.220 e. The van der Waals surface area contributed by atoms with E-state index < -0.39 is 124 Å². The molecule has 0 aromatic rings. The van der Waals surface area contributed by atoms with E-state index in [0.29, 0.717) is 12.8 Å². The Balaban J connectivity index is 1.30. The first-order valence-electron chi connectivity index (χ1n) is 44.5. The lowest BCUT2D eigenvalue weighted by Gasteiger charge is -2.48. The molecule has 0 aliphatic carbocycles. The van der Waals surface area contributed by atoms with Gasteiger partial charge in [0.15, 0.2) is 18.9 Å². The Morgan fingerprint density at radius 3 is 1.00 bits per heavy atom. The average Bonchev–Trinajstić information content (AvgIpc) is 0.775. The highest BCUT2D eigenvalue weighted by molar-refractivity contribution is 5.76. The topological polar surface area (TPSA) is 307 Å². The van der Waals surface area contributed by atoms with Crippen LogP contribution in [0, 0.1) is 0 Å². The van der Waals surface area contributed by atoms with Gasteiger partial charge in [0.25, 0.3) is 0 Å². The molecule has 17 unspecified atom stereocenters. The zero-order chi connectivity index (χ0) is 78.1. The fourth-order valence-electron chi connectivity index (χ4n) is 15.1. The summed E-state index contributed by atoms with van der Waals surface area (Å²) in [6.07, 6.45) is 63.3. The van der Waals surface area contributed by atoms with Crippen LogP contribution in [0.5, 0.6) is 0 Å². The van der Waals surface area contributed by atoms with Crippen LogP contribution in [0.1, 0.15) is 367 Å². The molecule has 0 aromatic carbocycles. The second kappa shape index (κ2) is 68.9. The van der Waals surface area contributed by atoms with E-state index in [1.54, 1.807) is 0 Å². The molecule has 3 saturated heterocycles. The predicted molar refractivity (Wildman–Crippen MR) is 434 cm³/mol. The molecule has 0 spiro atoms. The molecular weight excluding hydrogens is 1370 g/mol. The monoisotopic (exact) mass is 1530 g/mol. The summed E-state index contributed by atoms with van der Waals surface area (Å²) in [6, 6.07) is -0.888. The number of amides is 1. The van der Waals surface area contributed by atoms with Crippen molar-refractivity contribution in [2.75, 3.05) is 26.4 Å². The van der Waals surface area contributed by atoms with Crippen molar-refractivity contribution in [1.29, 1.82) is 0 Å². The van der Waals surface area contributed by atoms with Crippen molar-refractivity contribution in [3.05, 3.63) is 60.8 Å². The summed E-state index contributed by atoms with van der Waals surface area (Å²) in [5.74, 6) is -0.235. The van der Waals surface area contributed by atoms with Gasteiger partial charge < -0.3 is 89.9 Å². The number of unbranched alkanes of at least 4 members (excludes halogenated alkanes) is 46. The lowest BCUT2D eigenvalue weighted by atomic mass is 9.96. The van der Waals surface area contributed by atoms with Crippen LogP contribution >= 0.6 is 0 Å². The number of ether oxygens (including phenoxy) is 6. The first kappa shape index (κ1) is 99.7. The van der Waals surface area contributed by atoms with Crippen molar-refractivity contribution < 1.29 is 89.4 Å². The highest BCUT2D eigenvalue weighted by atomic mass is 16.8. The van der Waals surface area contributed by atoms with Gasteiger partial charge in [-0.2, -0.15) is 0 Å². The lowest BCUT2D eigenvalue weighted by Crippen LogP contribution is -2.66. The average molecular weight is 1540 g/mol. The molecule has 632 valence electrons. The molecule has 12 N–H and O–H groups in total. The Morgan fingerprint density at radius 1 is 0.343 bits per heavy atom. The molecule has 19 nitrogen and oxygen atoms in total. The van der Waals surface area contributed by atoms with Gasteiger partial charge in [-0.15, -0.1) is 0 Å². The summed E-state index contributed by atoms with van der Waals surface area (Å²) in [4.78, 5) is 13.5. The molecule has 108 heavy (non-hydrogen) atoms.